The van der Waals surface area contributed by atoms with Crippen LogP contribution in [-0.4, -0.2) is 50.1 Å². The van der Waals surface area contributed by atoms with Crippen molar-refractivity contribution in [3.63, 3.8) is 0 Å². The van der Waals surface area contributed by atoms with E-state index in [-0.39, 0.29) is 22.4 Å². The molecule has 2 aromatic carbocycles. The number of methoxy groups -OCH3 is 1. The minimum absolute atomic E-state index is 0.0679. The maximum absolute atomic E-state index is 12.7. The number of nitrogens with one attached hydrogen (secondary N) is 1. The summed E-state index contributed by atoms with van der Waals surface area (Å²) in [4.78, 5) is 25.7. The zero-order chi connectivity index (χ0) is 26.3. The van der Waals surface area contributed by atoms with Crippen molar-refractivity contribution in [1.82, 2.24) is 4.90 Å². The topological polar surface area (TPSA) is 93.9 Å². The first-order chi connectivity index (χ1) is 17.1. The lowest BCUT2D eigenvalue weighted by atomic mass is 9.96. The number of ether oxygens (including phenoxy) is 2. The van der Waals surface area contributed by atoms with Crippen molar-refractivity contribution >= 4 is 29.1 Å². The molecule has 3 N–H and O–H groups in total. The second-order valence-corrected chi connectivity index (χ2v) is 8.54. The lowest BCUT2D eigenvalue weighted by Gasteiger charge is -2.30. The molecule has 3 rings (SSSR count). The van der Waals surface area contributed by atoms with Gasteiger partial charge in [-0.3, -0.25) is 14.5 Å². The van der Waals surface area contributed by atoms with E-state index in [1.807, 2.05) is 0 Å². The van der Waals surface area contributed by atoms with Gasteiger partial charge in [0, 0.05) is 35.7 Å². The zero-order valence-electron chi connectivity index (χ0n) is 19.5. The van der Waals surface area contributed by atoms with Crippen molar-refractivity contribution in [2.45, 2.75) is 19.0 Å². The number of halogens is 4. The van der Waals surface area contributed by atoms with Gasteiger partial charge in [0.2, 0.25) is 5.91 Å². The van der Waals surface area contributed by atoms with Gasteiger partial charge in [-0.2, -0.15) is 13.2 Å². The summed E-state index contributed by atoms with van der Waals surface area (Å²) in [6.07, 6.45) is -3.05. The van der Waals surface area contributed by atoms with Crippen molar-refractivity contribution in [2.24, 2.45) is 11.7 Å². The minimum Gasteiger partial charge on any atom is -0.493 e. The van der Waals surface area contributed by atoms with Gasteiger partial charge < -0.3 is 20.5 Å². The molecule has 0 bridgehead atoms. The van der Waals surface area contributed by atoms with Crippen LogP contribution in [0.5, 0.6) is 11.5 Å². The number of rotatable bonds is 7. The van der Waals surface area contributed by atoms with Crippen LogP contribution < -0.4 is 20.5 Å². The maximum atomic E-state index is 12.7. The van der Waals surface area contributed by atoms with Gasteiger partial charge in [0.15, 0.2) is 11.5 Å². The first kappa shape index (κ1) is 27.2. The molecule has 11 heteroatoms. The summed E-state index contributed by atoms with van der Waals surface area (Å²) in [5, 5.41) is 2.37. The summed E-state index contributed by atoms with van der Waals surface area (Å²) in [5.41, 5.74) is 4.95. The predicted molar refractivity (Wildman–Crippen MR) is 129 cm³/mol. The summed E-state index contributed by atoms with van der Waals surface area (Å²) < 4.78 is 49.4. The molecule has 0 saturated carbocycles. The number of carbonyl (C=O) groups excluding carboxylic acids is 2. The van der Waals surface area contributed by atoms with Crippen molar-refractivity contribution in [3.8, 4) is 23.3 Å². The Morgan fingerprint density at radius 3 is 2.50 bits per heavy atom. The summed E-state index contributed by atoms with van der Waals surface area (Å²) in [6.45, 7) is 2.63. The smallest absolute Gasteiger partial charge is 0.416 e. The first-order valence-corrected chi connectivity index (χ1v) is 11.5. The van der Waals surface area contributed by atoms with Crippen LogP contribution in [0.1, 0.15) is 24.0 Å². The fourth-order valence-corrected chi connectivity index (χ4v) is 3.90. The molecular formula is C25H25ClF3N3O4. The number of likely N-dealkylation sites (tertiary alicyclic amines) is 1. The van der Waals surface area contributed by atoms with Crippen LogP contribution in [0.4, 0.5) is 18.9 Å². The fraction of sp³-hybridized carbons (Fsp3) is 0.360. The molecule has 2 amide bonds. The molecule has 1 aliphatic rings. The predicted octanol–water partition coefficient (Wildman–Crippen LogP) is 3.93. The van der Waals surface area contributed by atoms with E-state index >= 15 is 0 Å². The van der Waals surface area contributed by atoms with E-state index in [4.69, 9.17) is 26.8 Å². The molecule has 2 aromatic rings. The third-order valence-electron chi connectivity index (χ3n) is 5.68. The number of alkyl halides is 3. The van der Waals surface area contributed by atoms with Gasteiger partial charge in [0.05, 0.1) is 17.7 Å². The third kappa shape index (κ3) is 7.54. The van der Waals surface area contributed by atoms with Crippen molar-refractivity contribution in [2.75, 3.05) is 38.7 Å². The largest absolute Gasteiger partial charge is 0.493 e. The lowest BCUT2D eigenvalue weighted by Crippen LogP contribution is -2.40. The van der Waals surface area contributed by atoms with Crippen LogP contribution in [-0.2, 0) is 15.8 Å². The van der Waals surface area contributed by atoms with E-state index in [0.29, 0.717) is 30.3 Å². The number of hydrogen-bond donors (Lipinski definition) is 2. The highest BCUT2D eigenvalue weighted by molar-refractivity contribution is 6.31. The van der Waals surface area contributed by atoms with E-state index in [9.17, 15) is 22.8 Å². The van der Waals surface area contributed by atoms with E-state index < -0.39 is 17.6 Å². The molecule has 0 aromatic heterocycles. The van der Waals surface area contributed by atoms with Gasteiger partial charge in [-0.05, 0) is 56.3 Å². The van der Waals surface area contributed by atoms with Crippen molar-refractivity contribution < 1.29 is 32.2 Å². The quantitative estimate of drug-likeness (QED) is 0.536. The molecule has 0 unspecified atom stereocenters. The number of hydrogen-bond acceptors (Lipinski definition) is 5. The highest BCUT2D eigenvalue weighted by atomic mass is 35.5. The van der Waals surface area contributed by atoms with Gasteiger partial charge >= 0.3 is 12.1 Å². The number of carbonyl (C=O) groups is 2. The minimum atomic E-state index is -4.52. The summed E-state index contributed by atoms with van der Waals surface area (Å²) >= 11 is 5.86. The van der Waals surface area contributed by atoms with Crippen LogP contribution in [0.25, 0.3) is 0 Å². The second-order valence-electron chi connectivity index (χ2n) is 8.13. The molecule has 0 atom stereocenters. The highest BCUT2D eigenvalue weighted by Gasteiger charge is 2.30. The first-order valence-electron chi connectivity index (χ1n) is 11.1. The third-order valence-corrected chi connectivity index (χ3v) is 6.00. The van der Waals surface area contributed by atoms with Crippen molar-refractivity contribution in [1.29, 1.82) is 0 Å². The Labute approximate surface area is 211 Å². The van der Waals surface area contributed by atoms with Crippen LogP contribution in [0.3, 0.4) is 0 Å². The molecule has 0 radical (unpaired) electrons. The molecular weight excluding hydrogens is 499 g/mol. The second kappa shape index (κ2) is 12.0. The Hall–Kier alpha value is -3.42. The molecule has 36 heavy (non-hydrogen) atoms. The summed E-state index contributed by atoms with van der Waals surface area (Å²) in [7, 11) is 1.47. The lowest BCUT2D eigenvalue weighted by molar-refractivity contribution is -0.137. The molecule has 0 aliphatic carbocycles. The normalized spacial score (nSPS) is 14.5. The Balaban J connectivity index is 1.54. The number of nitrogens with zero attached hydrogens (tertiary/aromatic N) is 1. The van der Waals surface area contributed by atoms with Crippen LogP contribution in [0.2, 0.25) is 5.02 Å². The molecule has 192 valence electrons. The highest BCUT2D eigenvalue weighted by Crippen LogP contribution is 2.32. The number of amides is 2. The van der Waals surface area contributed by atoms with Crippen LogP contribution in [0.15, 0.2) is 36.4 Å². The Morgan fingerprint density at radius 2 is 1.89 bits per heavy atom. The van der Waals surface area contributed by atoms with E-state index in [2.05, 4.69) is 22.1 Å². The number of primary amides is 1. The van der Waals surface area contributed by atoms with Crippen LogP contribution in [0, 0.1) is 17.8 Å². The van der Waals surface area contributed by atoms with E-state index in [0.717, 1.165) is 44.1 Å². The maximum Gasteiger partial charge on any atom is 0.416 e. The van der Waals surface area contributed by atoms with Crippen LogP contribution >= 0.6 is 11.6 Å². The van der Waals surface area contributed by atoms with E-state index in [1.165, 1.54) is 7.11 Å². The van der Waals surface area contributed by atoms with Crippen molar-refractivity contribution in [3.05, 3.63) is 52.5 Å². The SMILES string of the molecule is COc1cc(NC(=O)C#Cc2ccc(C(F)(F)F)cc2Cl)ccc1OCCN1CCC(C(N)=O)CC1. The number of benzene rings is 2. The standard InChI is InChI=1S/C25H25ClF3N3O4/c1-35-22-15-19(5-6-21(22)36-13-12-32-10-8-17(9-11-32)24(30)34)31-23(33)7-3-16-2-4-18(14-20(16)26)25(27,28)29/h2,4-6,14-15,17H,8-13H2,1H3,(H2,30,34)(H,31,33). The van der Waals surface area contributed by atoms with Gasteiger partial charge in [-0.1, -0.05) is 17.5 Å². The molecule has 1 saturated heterocycles. The monoisotopic (exact) mass is 523 g/mol. The number of piperidine rings is 1. The fourth-order valence-electron chi connectivity index (χ4n) is 3.67. The number of anilines is 1. The van der Waals surface area contributed by atoms with Gasteiger partial charge in [-0.25, -0.2) is 0 Å². The molecule has 1 heterocycles. The Kier molecular flexibility index (Phi) is 9.07. The molecule has 0 spiro atoms. The average molecular weight is 524 g/mol. The number of nitrogens with two attached hydrogens (primary N) is 1. The summed E-state index contributed by atoms with van der Waals surface area (Å²) in [6, 6.07) is 7.55. The summed E-state index contributed by atoms with van der Waals surface area (Å²) in [5.74, 6) is 4.67. The molecule has 1 aliphatic heterocycles. The Morgan fingerprint density at radius 1 is 1.17 bits per heavy atom. The molecule has 7 nitrogen and oxygen atoms in total. The average Bonchev–Trinajstić information content (AvgIpc) is 2.83. The van der Waals surface area contributed by atoms with Gasteiger partial charge in [0.1, 0.15) is 6.61 Å². The zero-order valence-corrected chi connectivity index (χ0v) is 20.2. The molecule has 1 fully saturated rings. The Bertz CT molecular complexity index is 1170. The van der Waals surface area contributed by atoms with E-state index in [1.54, 1.807) is 18.2 Å². The van der Waals surface area contributed by atoms with Gasteiger partial charge in [0.25, 0.3) is 0 Å². The van der Waals surface area contributed by atoms with Gasteiger partial charge in [-0.15, -0.1) is 0 Å².